The summed E-state index contributed by atoms with van der Waals surface area (Å²) in [4.78, 5) is 27.9. The Morgan fingerprint density at radius 3 is 2.53 bits per heavy atom. The topological polar surface area (TPSA) is 49.4 Å². The number of aryl methyl sites for hydroxylation is 2. The molecule has 0 saturated carbocycles. The van der Waals surface area contributed by atoms with Gasteiger partial charge in [0.2, 0.25) is 11.8 Å². The maximum atomic E-state index is 13.4. The highest BCUT2D eigenvalue weighted by Gasteiger charge is 2.25. The molecule has 4 nitrogen and oxygen atoms in total. The van der Waals surface area contributed by atoms with Crippen molar-refractivity contribution < 1.29 is 9.59 Å². The zero-order chi connectivity index (χ0) is 22.9. The molecule has 1 N–H and O–H groups in total. The monoisotopic (exact) mass is 430 g/mol. The second kappa shape index (κ2) is 11.5. The zero-order valence-electron chi connectivity index (χ0n) is 19.4. The van der Waals surface area contributed by atoms with Crippen LogP contribution in [0.2, 0.25) is 0 Å². The predicted molar refractivity (Wildman–Crippen MR) is 131 cm³/mol. The molecule has 1 atom stereocenters. The number of hydrogen-bond acceptors (Lipinski definition) is 2. The first kappa shape index (κ1) is 23.5. The van der Waals surface area contributed by atoms with E-state index in [1.54, 1.807) is 4.90 Å². The highest BCUT2D eigenvalue weighted by molar-refractivity contribution is 5.88. The summed E-state index contributed by atoms with van der Waals surface area (Å²) in [5, 5.41) is 5.34. The van der Waals surface area contributed by atoms with Gasteiger partial charge in [0, 0.05) is 19.5 Å². The Bertz CT molecular complexity index is 1050. The molecule has 2 amide bonds. The fourth-order valence-corrected chi connectivity index (χ4v) is 4.02. The minimum absolute atomic E-state index is 0.00224. The number of carbonyl (C=O) groups excluding carboxylic acids is 2. The first-order valence-electron chi connectivity index (χ1n) is 11.6. The molecule has 3 rings (SSSR count). The molecule has 0 fully saturated rings. The number of hydrogen-bond donors (Lipinski definition) is 1. The van der Waals surface area contributed by atoms with Crippen molar-refractivity contribution in [2.45, 2.75) is 59.0 Å². The van der Waals surface area contributed by atoms with Crippen molar-refractivity contribution in [2.75, 3.05) is 6.54 Å². The van der Waals surface area contributed by atoms with Crippen molar-refractivity contribution >= 4 is 22.6 Å². The lowest BCUT2D eigenvalue weighted by atomic mass is 10.0. The largest absolute Gasteiger partial charge is 0.354 e. The molecule has 32 heavy (non-hydrogen) atoms. The standard InChI is InChI=1S/C28H34N2O2/c1-4-5-18-29-28(32)22(3)30(20-23-11-8-10-21(2)19-23)27(31)17-16-25-14-9-13-24-12-6-7-15-26(24)25/h6-15,19,22H,4-5,16-18,20H2,1-3H3,(H,29,32)/t22-/m1/s1. The van der Waals surface area contributed by atoms with Gasteiger partial charge in [0.25, 0.3) is 0 Å². The van der Waals surface area contributed by atoms with Crippen LogP contribution in [-0.2, 0) is 22.6 Å². The number of fused-ring (bicyclic) bond motifs is 1. The fourth-order valence-electron chi connectivity index (χ4n) is 4.02. The van der Waals surface area contributed by atoms with Crippen LogP contribution in [0.1, 0.15) is 49.8 Å². The van der Waals surface area contributed by atoms with Crippen molar-refractivity contribution in [2.24, 2.45) is 0 Å². The molecule has 0 heterocycles. The molecular formula is C28H34N2O2. The predicted octanol–water partition coefficient (Wildman–Crippen LogP) is 5.41. The Kier molecular flexibility index (Phi) is 8.43. The third kappa shape index (κ3) is 6.19. The van der Waals surface area contributed by atoms with Gasteiger partial charge in [-0.15, -0.1) is 0 Å². The highest BCUT2D eigenvalue weighted by Crippen LogP contribution is 2.21. The first-order chi connectivity index (χ1) is 15.5. The Morgan fingerprint density at radius 2 is 1.75 bits per heavy atom. The van der Waals surface area contributed by atoms with Crippen LogP contribution in [0.4, 0.5) is 0 Å². The van der Waals surface area contributed by atoms with Crippen LogP contribution >= 0.6 is 0 Å². The van der Waals surface area contributed by atoms with E-state index in [4.69, 9.17) is 0 Å². The summed E-state index contributed by atoms with van der Waals surface area (Å²) < 4.78 is 0. The van der Waals surface area contributed by atoms with E-state index in [1.807, 2.05) is 50.2 Å². The van der Waals surface area contributed by atoms with E-state index in [2.05, 4.69) is 42.6 Å². The summed E-state index contributed by atoms with van der Waals surface area (Å²) >= 11 is 0. The molecule has 0 spiro atoms. The lowest BCUT2D eigenvalue weighted by molar-refractivity contribution is -0.140. The van der Waals surface area contributed by atoms with Crippen molar-refractivity contribution in [1.82, 2.24) is 10.2 Å². The van der Waals surface area contributed by atoms with Crippen molar-refractivity contribution in [3.8, 4) is 0 Å². The molecular weight excluding hydrogens is 396 g/mol. The van der Waals surface area contributed by atoms with E-state index in [1.165, 1.54) is 10.8 Å². The number of nitrogens with zero attached hydrogens (tertiary/aromatic N) is 1. The lowest BCUT2D eigenvalue weighted by Gasteiger charge is -2.29. The second-order valence-electron chi connectivity index (χ2n) is 8.47. The van der Waals surface area contributed by atoms with Gasteiger partial charge in [-0.3, -0.25) is 9.59 Å². The molecule has 0 saturated heterocycles. The van der Waals surface area contributed by atoms with E-state index in [0.717, 1.165) is 29.5 Å². The van der Waals surface area contributed by atoms with Gasteiger partial charge in [0.15, 0.2) is 0 Å². The third-order valence-corrected chi connectivity index (χ3v) is 5.92. The van der Waals surface area contributed by atoms with Crippen LogP contribution in [0.15, 0.2) is 66.7 Å². The van der Waals surface area contributed by atoms with E-state index < -0.39 is 6.04 Å². The quantitative estimate of drug-likeness (QED) is 0.437. The third-order valence-electron chi connectivity index (χ3n) is 5.92. The fraction of sp³-hybridized carbons (Fsp3) is 0.357. The normalized spacial score (nSPS) is 11.8. The summed E-state index contributed by atoms with van der Waals surface area (Å²) in [6, 6.07) is 22.1. The molecule has 0 aromatic heterocycles. The Labute approximate surface area is 191 Å². The van der Waals surface area contributed by atoms with Gasteiger partial charge in [0.05, 0.1) is 0 Å². The van der Waals surface area contributed by atoms with Crippen molar-refractivity contribution in [3.63, 3.8) is 0 Å². The number of amides is 2. The van der Waals surface area contributed by atoms with Gasteiger partial charge >= 0.3 is 0 Å². The lowest BCUT2D eigenvalue weighted by Crippen LogP contribution is -2.47. The molecule has 3 aromatic carbocycles. The van der Waals surface area contributed by atoms with Crippen molar-refractivity contribution in [1.29, 1.82) is 0 Å². The van der Waals surface area contributed by atoms with Gasteiger partial charge in [-0.25, -0.2) is 0 Å². The molecule has 0 aliphatic carbocycles. The van der Waals surface area contributed by atoms with Crippen LogP contribution in [0.25, 0.3) is 10.8 Å². The summed E-state index contributed by atoms with van der Waals surface area (Å²) in [5.74, 6) is -0.0952. The van der Waals surface area contributed by atoms with E-state index in [-0.39, 0.29) is 11.8 Å². The molecule has 0 radical (unpaired) electrons. The van der Waals surface area contributed by atoms with Crippen LogP contribution in [0.3, 0.4) is 0 Å². The van der Waals surface area contributed by atoms with Gasteiger partial charge in [-0.05, 0) is 48.6 Å². The van der Waals surface area contributed by atoms with Gasteiger partial charge in [0.1, 0.15) is 6.04 Å². The highest BCUT2D eigenvalue weighted by atomic mass is 16.2. The number of rotatable bonds is 10. The molecule has 0 aliphatic rings. The number of benzene rings is 3. The Balaban J connectivity index is 1.76. The summed E-state index contributed by atoms with van der Waals surface area (Å²) in [5.41, 5.74) is 3.34. The summed E-state index contributed by atoms with van der Waals surface area (Å²) in [7, 11) is 0. The first-order valence-corrected chi connectivity index (χ1v) is 11.6. The molecule has 0 bridgehead atoms. The van der Waals surface area contributed by atoms with Crippen LogP contribution < -0.4 is 5.32 Å². The molecule has 0 aliphatic heterocycles. The Hall–Kier alpha value is -3.14. The van der Waals surface area contributed by atoms with E-state index in [9.17, 15) is 9.59 Å². The zero-order valence-corrected chi connectivity index (χ0v) is 19.4. The maximum Gasteiger partial charge on any atom is 0.242 e. The molecule has 168 valence electrons. The minimum Gasteiger partial charge on any atom is -0.354 e. The summed E-state index contributed by atoms with van der Waals surface area (Å²) in [6.07, 6.45) is 2.97. The maximum absolute atomic E-state index is 13.4. The van der Waals surface area contributed by atoms with Crippen LogP contribution in [0, 0.1) is 6.92 Å². The van der Waals surface area contributed by atoms with Crippen LogP contribution in [-0.4, -0.2) is 29.3 Å². The van der Waals surface area contributed by atoms with Gasteiger partial charge < -0.3 is 10.2 Å². The van der Waals surface area contributed by atoms with E-state index >= 15 is 0 Å². The van der Waals surface area contributed by atoms with E-state index in [0.29, 0.717) is 25.9 Å². The number of unbranched alkanes of at least 4 members (excludes halogenated alkanes) is 1. The average molecular weight is 431 g/mol. The average Bonchev–Trinajstić information content (AvgIpc) is 2.80. The minimum atomic E-state index is -0.521. The van der Waals surface area contributed by atoms with Gasteiger partial charge in [-0.2, -0.15) is 0 Å². The summed E-state index contributed by atoms with van der Waals surface area (Å²) in [6.45, 7) is 7.03. The Morgan fingerprint density at radius 1 is 1.00 bits per heavy atom. The SMILES string of the molecule is CCCCNC(=O)[C@@H](C)N(Cc1cccc(C)c1)C(=O)CCc1cccc2ccccc12. The van der Waals surface area contributed by atoms with Crippen molar-refractivity contribution in [3.05, 3.63) is 83.4 Å². The second-order valence-corrected chi connectivity index (χ2v) is 8.47. The van der Waals surface area contributed by atoms with Crippen LogP contribution in [0.5, 0.6) is 0 Å². The molecule has 4 heteroatoms. The number of nitrogens with one attached hydrogen (secondary N) is 1. The number of carbonyl (C=O) groups is 2. The van der Waals surface area contributed by atoms with Gasteiger partial charge in [-0.1, -0.05) is 85.6 Å². The molecule has 3 aromatic rings. The smallest absolute Gasteiger partial charge is 0.242 e. The molecule has 0 unspecified atom stereocenters.